The summed E-state index contributed by atoms with van der Waals surface area (Å²) in [5.74, 6) is 0.433. The second-order valence-electron chi connectivity index (χ2n) is 4.02. The van der Waals surface area contributed by atoms with Gasteiger partial charge in [-0.1, -0.05) is 45.7 Å². The Morgan fingerprint density at radius 2 is 2.05 bits per heavy atom. The Hall–Kier alpha value is -0.970. The molecule has 0 spiro atoms. The fraction of sp³-hybridized carbons (Fsp3) is 0.133. The molecule has 0 amide bonds. The zero-order chi connectivity index (χ0) is 14.5. The lowest BCUT2D eigenvalue weighted by Crippen LogP contribution is -2.01. The van der Waals surface area contributed by atoms with Gasteiger partial charge in [-0.15, -0.1) is 11.8 Å². The molecule has 2 aromatic rings. The third-order valence-electron chi connectivity index (χ3n) is 2.69. The Balaban J connectivity index is 2.11. The van der Waals surface area contributed by atoms with Crippen LogP contribution in [0.25, 0.3) is 0 Å². The van der Waals surface area contributed by atoms with Crippen LogP contribution in [-0.4, -0.2) is 13.1 Å². The molecule has 20 heavy (non-hydrogen) atoms. The second-order valence-corrected chi connectivity index (χ2v) is 6.30. The molecule has 0 heterocycles. The van der Waals surface area contributed by atoms with Gasteiger partial charge in [-0.05, 0) is 29.8 Å². The van der Waals surface area contributed by atoms with Crippen molar-refractivity contribution in [3.63, 3.8) is 0 Å². The summed E-state index contributed by atoms with van der Waals surface area (Å²) in [7, 11) is 1.37. The predicted octanol–water partition coefficient (Wildman–Crippen LogP) is 5.18. The zero-order valence-corrected chi connectivity index (χ0v) is 13.9. The Morgan fingerprint density at radius 3 is 2.70 bits per heavy atom. The van der Waals surface area contributed by atoms with Crippen LogP contribution in [0.3, 0.4) is 0 Å². The number of hydrogen-bond acceptors (Lipinski definition) is 3. The fourth-order valence-electron chi connectivity index (χ4n) is 1.63. The van der Waals surface area contributed by atoms with E-state index in [2.05, 4.69) is 15.9 Å². The molecule has 0 bridgehead atoms. The number of carbonyl (C=O) groups is 1. The highest BCUT2D eigenvalue weighted by molar-refractivity contribution is 9.10. The standard InChI is InChI=1S/C15H12BrClO2S/c1-19-15(18)10-6-7-11(12(16)8-10)9-20-14-5-3-2-4-13(14)17/h2-8H,9H2,1H3. The minimum absolute atomic E-state index is 0.337. The van der Waals surface area contributed by atoms with Crippen LogP contribution in [0.1, 0.15) is 15.9 Å². The smallest absolute Gasteiger partial charge is 0.337 e. The number of benzene rings is 2. The maximum absolute atomic E-state index is 11.4. The van der Waals surface area contributed by atoms with E-state index in [1.807, 2.05) is 30.3 Å². The normalized spacial score (nSPS) is 10.3. The summed E-state index contributed by atoms with van der Waals surface area (Å²) < 4.78 is 5.58. The molecule has 0 saturated heterocycles. The van der Waals surface area contributed by atoms with E-state index in [-0.39, 0.29) is 5.97 Å². The number of carbonyl (C=O) groups excluding carboxylic acids is 1. The van der Waals surface area contributed by atoms with Crippen LogP contribution < -0.4 is 0 Å². The molecule has 5 heteroatoms. The van der Waals surface area contributed by atoms with E-state index in [1.54, 1.807) is 23.9 Å². The van der Waals surface area contributed by atoms with Crippen LogP contribution in [0.5, 0.6) is 0 Å². The number of hydrogen-bond donors (Lipinski definition) is 0. The SMILES string of the molecule is COC(=O)c1ccc(CSc2ccccc2Cl)c(Br)c1. The second kappa shape index (κ2) is 7.16. The highest BCUT2D eigenvalue weighted by Crippen LogP contribution is 2.31. The van der Waals surface area contributed by atoms with Crippen LogP contribution >= 0.6 is 39.3 Å². The Morgan fingerprint density at radius 1 is 1.30 bits per heavy atom. The van der Waals surface area contributed by atoms with Crippen molar-refractivity contribution >= 4 is 45.3 Å². The molecular weight excluding hydrogens is 360 g/mol. The zero-order valence-electron chi connectivity index (χ0n) is 10.7. The van der Waals surface area contributed by atoms with Gasteiger partial charge >= 0.3 is 5.97 Å². The number of esters is 1. The summed E-state index contributed by atoms with van der Waals surface area (Å²) in [6, 6.07) is 13.2. The van der Waals surface area contributed by atoms with Crippen LogP contribution in [0, 0.1) is 0 Å². The summed E-state index contributed by atoms with van der Waals surface area (Å²) >= 11 is 11.3. The molecule has 0 aromatic heterocycles. The summed E-state index contributed by atoms with van der Waals surface area (Å²) in [5.41, 5.74) is 1.63. The van der Waals surface area contributed by atoms with Crippen molar-refractivity contribution in [2.24, 2.45) is 0 Å². The van der Waals surface area contributed by atoms with Gasteiger partial charge in [0, 0.05) is 15.1 Å². The summed E-state index contributed by atoms with van der Waals surface area (Å²) in [4.78, 5) is 12.5. The molecule has 104 valence electrons. The lowest BCUT2D eigenvalue weighted by molar-refractivity contribution is 0.0600. The van der Waals surface area contributed by atoms with Gasteiger partial charge in [0.1, 0.15) is 0 Å². The Bertz CT molecular complexity index is 631. The van der Waals surface area contributed by atoms with E-state index in [0.29, 0.717) is 5.56 Å². The maximum atomic E-state index is 11.4. The van der Waals surface area contributed by atoms with E-state index in [9.17, 15) is 4.79 Å². The average Bonchev–Trinajstić information content (AvgIpc) is 2.46. The fourth-order valence-corrected chi connectivity index (χ4v) is 3.57. The van der Waals surface area contributed by atoms with E-state index in [1.165, 1.54) is 7.11 Å². The number of methoxy groups -OCH3 is 1. The third-order valence-corrected chi connectivity index (χ3v) is 5.00. The van der Waals surface area contributed by atoms with Crippen LogP contribution in [0.4, 0.5) is 0 Å². The van der Waals surface area contributed by atoms with Gasteiger partial charge in [-0.25, -0.2) is 4.79 Å². The minimum Gasteiger partial charge on any atom is -0.465 e. The van der Waals surface area contributed by atoms with E-state index < -0.39 is 0 Å². The molecule has 2 aromatic carbocycles. The third kappa shape index (κ3) is 3.78. The highest BCUT2D eigenvalue weighted by atomic mass is 79.9. The van der Waals surface area contributed by atoms with Gasteiger partial charge in [-0.2, -0.15) is 0 Å². The first-order valence-electron chi connectivity index (χ1n) is 5.86. The first kappa shape index (κ1) is 15.4. The molecule has 0 aliphatic rings. The lowest BCUT2D eigenvalue weighted by atomic mass is 10.1. The van der Waals surface area contributed by atoms with Crippen molar-refractivity contribution < 1.29 is 9.53 Å². The van der Waals surface area contributed by atoms with Crippen molar-refractivity contribution in [2.75, 3.05) is 7.11 Å². The minimum atomic E-state index is -0.337. The largest absolute Gasteiger partial charge is 0.465 e. The Kier molecular flexibility index (Phi) is 5.52. The van der Waals surface area contributed by atoms with E-state index in [4.69, 9.17) is 16.3 Å². The van der Waals surface area contributed by atoms with Crippen molar-refractivity contribution in [1.82, 2.24) is 0 Å². The van der Waals surface area contributed by atoms with Gasteiger partial charge in [-0.3, -0.25) is 0 Å². The van der Waals surface area contributed by atoms with Crippen LogP contribution in [0.15, 0.2) is 51.8 Å². The molecule has 0 aliphatic heterocycles. The molecule has 0 saturated carbocycles. The summed E-state index contributed by atoms with van der Waals surface area (Å²) in [6.45, 7) is 0. The van der Waals surface area contributed by atoms with Gasteiger partial charge < -0.3 is 4.74 Å². The van der Waals surface area contributed by atoms with Crippen LogP contribution in [-0.2, 0) is 10.5 Å². The quantitative estimate of drug-likeness (QED) is 0.547. The van der Waals surface area contributed by atoms with E-state index in [0.717, 1.165) is 25.7 Å². The van der Waals surface area contributed by atoms with Crippen molar-refractivity contribution in [1.29, 1.82) is 0 Å². The molecule has 0 N–H and O–H groups in total. The predicted molar refractivity (Wildman–Crippen MR) is 86.5 cm³/mol. The van der Waals surface area contributed by atoms with Gasteiger partial charge in [0.05, 0.1) is 17.7 Å². The molecule has 0 radical (unpaired) electrons. The van der Waals surface area contributed by atoms with Gasteiger partial charge in [0.15, 0.2) is 0 Å². The monoisotopic (exact) mass is 370 g/mol. The first-order chi connectivity index (χ1) is 9.61. The number of rotatable bonds is 4. The molecule has 0 fully saturated rings. The van der Waals surface area contributed by atoms with Gasteiger partial charge in [0.2, 0.25) is 0 Å². The number of thioether (sulfide) groups is 1. The van der Waals surface area contributed by atoms with Crippen molar-refractivity contribution in [3.05, 3.63) is 63.1 Å². The topological polar surface area (TPSA) is 26.3 Å². The molecule has 0 aliphatic carbocycles. The summed E-state index contributed by atoms with van der Waals surface area (Å²) in [6.07, 6.45) is 0. The van der Waals surface area contributed by atoms with Gasteiger partial charge in [0.25, 0.3) is 0 Å². The first-order valence-corrected chi connectivity index (χ1v) is 8.01. The summed E-state index contributed by atoms with van der Waals surface area (Å²) in [5, 5.41) is 0.750. The molecular formula is C15H12BrClO2S. The molecule has 2 rings (SSSR count). The maximum Gasteiger partial charge on any atom is 0.337 e. The lowest BCUT2D eigenvalue weighted by Gasteiger charge is -2.07. The Labute approximate surface area is 135 Å². The van der Waals surface area contributed by atoms with Crippen molar-refractivity contribution in [3.8, 4) is 0 Å². The number of ether oxygens (including phenoxy) is 1. The van der Waals surface area contributed by atoms with Crippen LogP contribution in [0.2, 0.25) is 5.02 Å². The highest BCUT2D eigenvalue weighted by Gasteiger charge is 2.09. The average molecular weight is 372 g/mol. The molecule has 2 nitrogen and oxygen atoms in total. The van der Waals surface area contributed by atoms with Crippen molar-refractivity contribution in [2.45, 2.75) is 10.6 Å². The number of halogens is 2. The molecule has 0 unspecified atom stereocenters. The van der Waals surface area contributed by atoms with E-state index >= 15 is 0 Å². The molecule has 0 atom stereocenters.